The molecule has 168 valence electrons. The zero-order chi connectivity index (χ0) is 21.6. The molecule has 2 aromatic carbocycles. The summed E-state index contributed by atoms with van der Waals surface area (Å²) in [7, 11) is 1.78. The molecule has 0 atom stereocenters. The molecule has 0 unspecified atom stereocenters. The fourth-order valence-electron chi connectivity index (χ4n) is 3.54. The minimum Gasteiger partial charge on any atom is -0.491 e. The minimum atomic E-state index is 0.554. The first-order chi connectivity index (χ1) is 15.4. The van der Waals surface area contributed by atoms with E-state index in [2.05, 4.69) is 33.8 Å². The number of hydrogen-bond donors (Lipinski definition) is 2. The summed E-state index contributed by atoms with van der Waals surface area (Å²) < 4.78 is 17.2. The van der Waals surface area contributed by atoms with Crippen LogP contribution in [0.25, 0.3) is 11.1 Å². The third-order valence-electron chi connectivity index (χ3n) is 5.30. The van der Waals surface area contributed by atoms with Gasteiger partial charge in [0, 0.05) is 45.6 Å². The Labute approximate surface area is 186 Å². The van der Waals surface area contributed by atoms with Crippen molar-refractivity contribution in [1.29, 1.82) is 0 Å². The van der Waals surface area contributed by atoms with Crippen LogP contribution in [0, 0.1) is 5.92 Å². The van der Waals surface area contributed by atoms with E-state index in [0.29, 0.717) is 19.1 Å². The summed E-state index contributed by atoms with van der Waals surface area (Å²) in [6.45, 7) is 5.41. The predicted octanol–water partition coefficient (Wildman–Crippen LogP) is 3.73. The number of para-hydroxylation sites is 1. The van der Waals surface area contributed by atoms with Gasteiger partial charge in [0.2, 0.25) is 0 Å². The summed E-state index contributed by atoms with van der Waals surface area (Å²) >= 11 is 0. The van der Waals surface area contributed by atoms with Crippen LogP contribution in [-0.2, 0) is 9.47 Å². The zero-order valence-corrected chi connectivity index (χ0v) is 18.5. The van der Waals surface area contributed by atoms with E-state index in [1.54, 1.807) is 7.05 Å². The first-order valence-electron chi connectivity index (χ1n) is 11.2. The molecule has 2 N–H and O–H groups in total. The summed E-state index contributed by atoms with van der Waals surface area (Å²) in [6, 6.07) is 18.4. The van der Waals surface area contributed by atoms with Crippen molar-refractivity contribution in [1.82, 2.24) is 10.6 Å². The van der Waals surface area contributed by atoms with Gasteiger partial charge in [-0.25, -0.2) is 0 Å². The van der Waals surface area contributed by atoms with Crippen LogP contribution in [0.2, 0.25) is 0 Å². The molecule has 0 radical (unpaired) electrons. The van der Waals surface area contributed by atoms with Crippen molar-refractivity contribution in [2.24, 2.45) is 10.9 Å². The molecule has 1 saturated heterocycles. The third kappa shape index (κ3) is 8.23. The molecule has 0 spiro atoms. The molecule has 31 heavy (non-hydrogen) atoms. The molecule has 1 fully saturated rings. The number of nitrogens with one attached hydrogen (secondary N) is 2. The highest BCUT2D eigenvalue weighted by Gasteiger charge is 2.13. The second-order valence-corrected chi connectivity index (χ2v) is 7.62. The summed E-state index contributed by atoms with van der Waals surface area (Å²) in [5.41, 5.74) is 2.26. The van der Waals surface area contributed by atoms with Crippen LogP contribution in [-0.4, -0.2) is 59.1 Å². The molecule has 0 bridgehead atoms. The van der Waals surface area contributed by atoms with Gasteiger partial charge in [0.05, 0.1) is 6.54 Å². The van der Waals surface area contributed by atoms with Gasteiger partial charge in [0.1, 0.15) is 12.4 Å². The molecular weight excluding hydrogens is 390 g/mol. The van der Waals surface area contributed by atoms with Gasteiger partial charge < -0.3 is 24.8 Å². The molecule has 6 nitrogen and oxygen atoms in total. The van der Waals surface area contributed by atoms with Crippen LogP contribution in [0.15, 0.2) is 59.6 Å². The topological polar surface area (TPSA) is 64.1 Å². The highest BCUT2D eigenvalue weighted by molar-refractivity contribution is 5.79. The molecule has 3 rings (SSSR count). The molecule has 0 aromatic heterocycles. The summed E-state index contributed by atoms with van der Waals surface area (Å²) in [4.78, 5) is 4.27. The van der Waals surface area contributed by atoms with Crippen molar-refractivity contribution in [2.75, 3.05) is 53.2 Å². The van der Waals surface area contributed by atoms with Gasteiger partial charge in [-0.15, -0.1) is 0 Å². The lowest BCUT2D eigenvalue weighted by Crippen LogP contribution is -2.40. The molecule has 0 saturated carbocycles. The summed E-state index contributed by atoms with van der Waals surface area (Å²) in [5, 5.41) is 6.63. The van der Waals surface area contributed by atoms with Crippen molar-refractivity contribution in [2.45, 2.75) is 19.3 Å². The van der Waals surface area contributed by atoms with Gasteiger partial charge in [-0.1, -0.05) is 48.5 Å². The molecule has 1 heterocycles. The summed E-state index contributed by atoms with van der Waals surface area (Å²) in [5.74, 6) is 2.33. The number of ether oxygens (including phenoxy) is 3. The van der Waals surface area contributed by atoms with Crippen molar-refractivity contribution in [3.05, 3.63) is 54.6 Å². The van der Waals surface area contributed by atoms with E-state index in [-0.39, 0.29) is 0 Å². The van der Waals surface area contributed by atoms with Gasteiger partial charge >= 0.3 is 0 Å². The van der Waals surface area contributed by atoms with E-state index in [9.17, 15) is 0 Å². The Morgan fingerprint density at radius 2 is 1.71 bits per heavy atom. The van der Waals surface area contributed by atoms with E-state index in [0.717, 1.165) is 75.1 Å². The first kappa shape index (κ1) is 23.1. The normalized spacial score (nSPS) is 14.9. The molecular formula is C25H35N3O3. The van der Waals surface area contributed by atoms with Crippen molar-refractivity contribution < 1.29 is 14.2 Å². The van der Waals surface area contributed by atoms with Crippen LogP contribution >= 0.6 is 0 Å². The molecule has 2 aromatic rings. The van der Waals surface area contributed by atoms with Gasteiger partial charge in [0.25, 0.3) is 0 Å². The highest BCUT2D eigenvalue weighted by atomic mass is 16.5. The second kappa shape index (κ2) is 13.7. The Balaban J connectivity index is 1.29. The predicted molar refractivity (Wildman–Crippen MR) is 126 cm³/mol. The first-order valence-corrected chi connectivity index (χ1v) is 11.2. The van der Waals surface area contributed by atoms with Gasteiger partial charge in [0.15, 0.2) is 5.96 Å². The van der Waals surface area contributed by atoms with Gasteiger partial charge in [-0.2, -0.15) is 0 Å². The van der Waals surface area contributed by atoms with Crippen LogP contribution in [0.5, 0.6) is 5.75 Å². The second-order valence-electron chi connectivity index (χ2n) is 7.62. The Kier molecular flexibility index (Phi) is 10.2. The average Bonchev–Trinajstić information content (AvgIpc) is 2.84. The Morgan fingerprint density at radius 1 is 0.968 bits per heavy atom. The Hall–Kier alpha value is -2.57. The largest absolute Gasteiger partial charge is 0.491 e. The van der Waals surface area contributed by atoms with E-state index in [1.807, 2.05) is 36.4 Å². The molecule has 6 heteroatoms. The van der Waals surface area contributed by atoms with E-state index < -0.39 is 0 Å². The van der Waals surface area contributed by atoms with Crippen LogP contribution in [0.3, 0.4) is 0 Å². The highest BCUT2D eigenvalue weighted by Crippen LogP contribution is 2.29. The standard InChI is InChI=1S/C25H35N3O3/c1-26-25(27-14-7-16-30-20-21-12-17-29-18-13-21)28-15-19-31-24-11-6-5-10-23(24)22-8-3-2-4-9-22/h2-6,8-11,21H,7,12-20H2,1H3,(H2,26,27,28). The van der Waals surface area contributed by atoms with Crippen molar-refractivity contribution in [3.63, 3.8) is 0 Å². The minimum absolute atomic E-state index is 0.554. The van der Waals surface area contributed by atoms with Gasteiger partial charge in [-0.05, 0) is 36.8 Å². The number of aliphatic imine (C=N–C) groups is 1. The van der Waals surface area contributed by atoms with E-state index in [1.165, 1.54) is 0 Å². The lowest BCUT2D eigenvalue weighted by atomic mass is 10.0. The number of nitrogens with zero attached hydrogens (tertiary/aromatic N) is 1. The fourth-order valence-corrected chi connectivity index (χ4v) is 3.54. The number of guanidine groups is 1. The lowest BCUT2D eigenvalue weighted by Gasteiger charge is -2.21. The number of benzene rings is 2. The molecule has 1 aliphatic rings. The third-order valence-corrected chi connectivity index (χ3v) is 5.30. The zero-order valence-electron chi connectivity index (χ0n) is 18.5. The smallest absolute Gasteiger partial charge is 0.191 e. The monoisotopic (exact) mass is 425 g/mol. The van der Waals surface area contributed by atoms with Crippen LogP contribution < -0.4 is 15.4 Å². The van der Waals surface area contributed by atoms with Crippen molar-refractivity contribution in [3.8, 4) is 16.9 Å². The van der Waals surface area contributed by atoms with Crippen LogP contribution in [0.4, 0.5) is 0 Å². The van der Waals surface area contributed by atoms with Gasteiger partial charge in [-0.3, -0.25) is 4.99 Å². The van der Waals surface area contributed by atoms with Crippen molar-refractivity contribution >= 4 is 5.96 Å². The average molecular weight is 426 g/mol. The quantitative estimate of drug-likeness (QED) is 0.326. The van der Waals surface area contributed by atoms with E-state index in [4.69, 9.17) is 14.2 Å². The number of rotatable bonds is 11. The maximum Gasteiger partial charge on any atom is 0.191 e. The molecule has 0 amide bonds. The van der Waals surface area contributed by atoms with Crippen LogP contribution in [0.1, 0.15) is 19.3 Å². The SMILES string of the molecule is CN=C(NCCCOCC1CCOCC1)NCCOc1ccccc1-c1ccccc1. The van der Waals surface area contributed by atoms with E-state index >= 15 is 0 Å². The Morgan fingerprint density at radius 3 is 2.52 bits per heavy atom. The molecule has 1 aliphatic heterocycles. The summed E-state index contributed by atoms with van der Waals surface area (Å²) in [6.07, 6.45) is 3.18. The number of hydrogen-bond acceptors (Lipinski definition) is 4. The maximum atomic E-state index is 6.03. The maximum absolute atomic E-state index is 6.03. The molecule has 0 aliphatic carbocycles. The fraction of sp³-hybridized carbons (Fsp3) is 0.480. The Bertz CT molecular complexity index is 777. The lowest BCUT2D eigenvalue weighted by molar-refractivity contribution is 0.0203.